The highest BCUT2D eigenvalue weighted by Crippen LogP contribution is 2.19. The van der Waals surface area contributed by atoms with Crippen molar-refractivity contribution < 1.29 is 23.5 Å². The molecule has 0 saturated heterocycles. The molecule has 1 aromatic carbocycles. The van der Waals surface area contributed by atoms with Crippen molar-refractivity contribution in [1.82, 2.24) is 4.98 Å². The van der Waals surface area contributed by atoms with Gasteiger partial charge in [0.2, 0.25) is 0 Å². The van der Waals surface area contributed by atoms with E-state index in [4.69, 9.17) is 5.11 Å². The summed E-state index contributed by atoms with van der Waals surface area (Å²) in [5, 5.41) is 10.9. The summed E-state index contributed by atoms with van der Waals surface area (Å²) in [6.45, 7) is 1.42. The number of pyridine rings is 1. The second kappa shape index (κ2) is 5.66. The van der Waals surface area contributed by atoms with Crippen LogP contribution in [-0.2, 0) is 0 Å². The van der Waals surface area contributed by atoms with Crippen molar-refractivity contribution in [1.29, 1.82) is 0 Å². The lowest BCUT2D eigenvalue weighted by Gasteiger charge is -2.08. The molecular weight excluding hydrogens is 282 g/mol. The summed E-state index contributed by atoms with van der Waals surface area (Å²) in [6.07, 6.45) is 0. The molecule has 0 radical (unpaired) electrons. The third-order valence-electron chi connectivity index (χ3n) is 2.75. The van der Waals surface area contributed by atoms with Crippen LogP contribution in [0.4, 0.5) is 14.5 Å². The maximum Gasteiger partial charge on any atom is 0.337 e. The summed E-state index contributed by atoms with van der Waals surface area (Å²) in [5.74, 6) is -3.84. The number of hydrogen-bond donors (Lipinski definition) is 2. The van der Waals surface area contributed by atoms with Gasteiger partial charge in [0.1, 0.15) is 23.0 Å². The molecule has 0 atom stereocenters. The van der Waals surface area contributed by atoms with Crippen LogP contribution < -0.4 is 5.32 Å². The zero-order valence-electron chi connectivity index (χ0n) is 10.9. The minimum Gasteiger partial charge on any atom is -0.478 e. The molecule has 7 heteroatoms. The number of carboxylic acid groups (broad SMARTS) is 1. The van der Waals surface area contributed by atoms with Gasteiger partial charge >= 0.3 is 5.97 Å². The van der Waals surface area contributed by atoms with Crippen LogP contribution in [0.2, 0.25) is 0 Å². The SMILES string of the molecule is Cc1nc(C(=O)Nc2c(F)cccc2F)ccc1C(=O)O. The maximum atomic E-state index is 13.4. The first-order chi connectivity index (χ1) is 9.90. The number of rotatable bonds is 3. The molecule has 0 aliphatic heterocycles. The smallest absolute Gasteiger partial charge is 0.337 e. The summed E-state index contributed by atoms with van der Waals surface area (Å²) in [6, 6.07) is 5.56. The first-order valence-corrected chi connectivity index (χ1v) is 5.86. The Morgan fingerprint density at radius 1 is 1.14 bits per heavy atom. The normalized spacial score (nSPS) is 10.2. The lowest BCUT2D eigenvalue weighted by molar-refractivity contribution is 0.0695. The molecule has 108 valence electrons. The van der Waals surface area contributed by atoms with E-state index in [9.17, 15) is 18.4 Å². The Morgan fingerprint density at radius 2 is 1.76 bits per heavy atom. The molecule has 2 N–H and O–H groups in total. The molecule has 0 saturated carbocycles. The Labute approximate surface area is 118 Å². The number of carbonyl (C=O) groups is 2. The number of halogens is 2. The molecule has 1 heterocycles. The molecule has 21 heavy (non-hydrogen) atoms. The predicted molar refractivity (Wildman–Crippen MR) is 70.2 cm³/mol. The Hall–Kier alpha value is -2.83. The molecule has 1 amide bonds. The zero-order valence-corrected chi connectivity index (χ0v) is 10.9. The van der Waals surface area contributed by atoms with Gasteiger partial charge in [-0.2, -0.15) is 0 Å². The van der Waals surface area contributed by atoms with Crippen molar-refractivity contribution in [3.8, 4) is 0 Å². The Kier molecular flexibility index (Phi) is 3.93. The van der Waals surface area contributed by atoms with Crippen LogP contribution in [0.3, 0.4) is 0 Å². The summed E-state index contributed by atoms with van der Waals surface area (Å²) in [7, 11) is 0. The summed E-state index contributed by atoms with van der Waals surface area (Å²) >= 11 is 0. The average Bonchev–Trinajstić information content (AvgIpc) is 2.42. The number of benzene rings is 1. The fraction of sp³-hybridized carbons (Fsp3) is 0.0714. The second-order valence-corrected chi connectivity index (χ2v) is 4.19. The third kappa shape index (κ3) is 3.02. The quantitative estimate of drug-likeness (QED) is 0.911. The van der Waals surface area contributed by atoms with E-state index < -0.39 is 29.2 Å². The molecule has 5 nitrogen and oxygen atoms in total. The van der Waals surface area contributed by atoms with Gasteiger partial charge < -0.3 is 10.4 Å². The number of anilines is 1. The Morgan fingerprint density at radius 3 is 2.29 bits per heavy atom. The second-order valence-electron chi connectivity index (χ2n) is 4.19. The number of nitrogens with zero attached hydrogens (tertiary/aromatic N) is 1. The van der Waals surface area contributed by atoms with E-state index in [1.54, 1.807) is 0 Å². The van der Waals surface area contributed by atoms with Gasteiger partial charge in [0.25, 0.3) is 5.91 Å². The molecule has 0 unspecified atom stereocenters. The number of para-hydroxylation sites is 1. The van der Waals surface area contributed by atoms with Crippen molar-refractivity contribution in [2.45, 2.75) is 6.92 Å². The van der Waals surface area contributed by atoms with Gasteiger partial charge in [0.05, 0.1) is 11.3 Å². The Bertz CT molecular complexity index is 712. The highest BCUT2D eigenvalue weighted by Gasteiger charge is 2.16. The van der Waals surface area contributed by atoms with E-state index in [2.05, 4.69) is 10.3 Å². The fourth-order valence-corrected chi connectivity index (χ4v) is 1.71. The molecular formula is C14H10F2N2O3. The first-order valence-electron chi connectivity index (χ1n) is 5.86. The van der Waals surface area contributed by atoms with Gasteiger partial charge in [-0.15, -0.1) is 0 Å². The molecule has 2 rings (SSSR count). The lowest BCUT2D eigenvalue weighted by atomic mass is 10.2. The summed E-state index contributed by atoms with van der Waals surface area (Å²) in [4.78, 5) is 26.6. The third-order valence-corrected chi connectivity index (χ3v) is 2.75. The van der Waals surface area contributed by atoms with Crippen molar-refractivity contribution in [2.24, 2.45) is 0 Å². The number of aromatic carboxylic acids is 1. The fourth-order valence-electron chi connectivity index (χ4n) is 1.71. The van der Waals surface area contributed by atoms with Gasteiger partial charge in [-0.25, -0.2) is 18.6 Å². The molecule has 0 fully saturated rings. The van der Waals surface area contributed by atoms with E-state index in [1.165, 1.54) is 25.1 Å². The van der Waals surface area contributed by atoms with E-state index in [1.807, 2.05) is 0 Å². The monoisotopic (exact) mass is 292 g/mol. The summed E-state index contributed by atoms with van der Waals surface area (Å²) < 4.78 is 26.8. The van der Waals surface area contributed by atoms with Crippen molar-refractivity contribution >= 4 is 17.6 Å². The number of carbonyl (C=O) groups excluding carboxylic acids is 1. The zero-order chi connectivity index (χ0) is 15.6. The van der Waals surface area contributed by atoms with Gasteiger partial charge in [-0.1, -0.05) is 6.07 Å². The van der Waals surface area contributed by atoms with Crippen LogP contribution in [0.5, 0.6) is 0 Å². The van der Waals surface area contributed by atoms with Gasteiger partial charge in [-0.3, -0.25) is 4.79 Å². The number of carboxylic acids is 1. The minimum absolute atomic E-state index is 0.0522. The number of nitrogens with one attached hydrogen (secondary N) is 1. The Balaban J connectivity index is 2.29. The predicted octanol–water partition coefficient (Wildman–Crippen LogP) is 2.62. The van der Waals surface area contributed by atoms with Crippen LogP contribution in [0, 0.1) is 18.6 Å². The highest BCUT2D eigenvalue weighted by atomic mass is 19.1. The molecule has 0 bridgehead atoms. The van der Waals surface area contributed by atoms with E-state index in [0.717, 1.165) is 12.1 Å². The van der Waals surface area contributed by atoms with Crippen LogP contribution in [0.15, 0.2) is 30.3 Å². The van der Waals surface area contributed by atoms with Crippen molar-refractivity contribution in [3.63, 3.8) is 0 Å². The largest absolute Gasteiger partial charge is 0.478 e. The van der Waals surface area contributed by atoms with Crippen molar-refractivity contribution in [3.05, 3.63) is 58.9 Å². The van der Waals surface area contributed by atoms with E-state index in [-0.39, 0.29) is 17.0 Å². The van der Waals surface area contributed by atoms with Gasteiger partial charge in [-0.05, 0) is 31.2 Å². The van der Waals surface area contributed by atoms with Gasteiger partial charge in [0.15, 0.2) is 0 Å². The number of aryl methyl sites for hydroxylation is 1. The minimum atomic E-state index is -1.17. The number of aromatic nitrogens is 1. The highest BCUT2D eigenvalue weighted by molar-refractivity contribution is 6.03. The van der Waals surface area contributed by atoms with Gasteiger partial charge in [0, 0.05) is 0 Å². The average molecular weight is 292 g/mol. The molecule has 0 spiro atoms. The van der Waals surface area contributed by atoms with Crippen LogP contribution in [0.1, 0.15) is 26.5 Å². The van der Waals surface area contributed by atoms with Crippen LogP contribution in [-0.4, -0.2) is 22.0 Å². The van der Waals surface area contributed by atoms with E-state index >= 15 is 0 Å². The molecule has 0 aliphatic rings. The summed E-state index contributed by atoms with van der Waals surface area (Å²) in [5.41, 5.74) is -0.641. The van der Waals surface area contributed by atoms with Crippen molar-refractivity contribution in [2.75, 3.05) is 5.32 Å². The van der Waals surface area contributed by atoms with Crippen LogP contribution >= 0.6 is 0 Å². The number of amides is 1. The maximum absolute atomic E-state index is 13.4. The number of hydrogen-bond acceptors (Lipinski definition) is 3. The topological polar surface area (TPSA) is 79.3 Å². The molecule has 1 aromatic heterocycles. The molecule has 2 aromatic rings. The van der Waals surface area contributed by atoms with Crippen LogP contribution in [0.25, 0.3) is 0 Å². The molecule has 0 aliphatic carbocycles. The first kappa shape index (κ1) is 14.6. The standard InChI is InChI=1S/C14H10F2N2O3/c1-7-8(14(20)21)5-6-11(17-7)13(19)18-12-9(15)3-2-4-10(12)16/h2-6H,1H3,(H,18,19)(H,20,21). The lowest BCUT2D eigenvalue weighted by Crippen LogP contribution is -2.17. The van der Waals surface area contributed by atoms with E-state index in [0.29, 0.717) is 0 Å².